The number of aryl methyl sites for hydroxylation is 1. The summed E-state index contributed by atoms with van der Waals surface area (Å²) in [6.45, 7) is 9.92. The van der Waals surface area contributed by atoms with E-state index < -0.39 is 54.7 Å². The molecule has 0 aromatic heterocycles. The molecule has 0 fully saturated rings. The van der Waals surface area contributed by atoms with Gasteiger partial charge in [-0.05, 0) is 44.2 Å². The number of nitriles is 1. The van der Waals surface area contributed by atoms with Crippen LogP contribution in [0.25, 0.3) is 0 Å². The highest BCUT2D eigenvalue weighted by atomic mass is 16.6. The fourth-order valence-corrected chi connectivity index (χ4v) is 3.41. The summed E-state index contributed by atoms with van der Waals surface area (Å²) in [5, 5.41) is 14.6. The first-order chi connectivity index (χ1) is 16.9. The number of amides is 3. The van der Waals surface area contributed by atoms with Crippen molar-refractivity contribution in [3.8, 4) is 6.07 Å². The van der Waals surface area contributed by atoms with E-state index >= 15 is 0 Å². The Morgan fingerprint density at radius 1 is 1.11 bits per heavy atom. The van der Waals surface area contributed by atoms with E-state index in [-0.39, 0.29) is 5.92 Å². The minimum Gasteiger partial charge on any atom is -0.468 e. The molecule has 10 nitrogen and oxygen atoms in total. The van der Waals surface area contributed by atoms with Crippen LogP contribution in [-0.2, 0) is 30.3 Å². The highest BCUT2D eigenvalue weighted by Crippen LogP contribution is 2.25. The maximum Gasteiger partial charge on any atom is 0.408 e. The van der Waals surface area contributed by atoms with Gasteiger partial charge in [-0.15, -0.1) is 0 Å². The van der Waals surface area contributed by atoms with Crippen molar-refractivity contribution >= 4 is 23.9 Å². The van der Waals surface area contributed by atoms with Crippen molar-refractivity contribution in [1.82, 2.24) is 15.5 Å². The average Bonchev–Trinajstić information content (AvgIpc) is 2.83. The molecule has 2 N–H and O–H groups in total. The second kappa shape index (κ2) is 14.1. The van der Waals surface area contributed by atoms with Gasteiger partial charge < -0.3 is 25.0 Å². The van der Waals surface area contributed by atoms with Gasteiger partial charge in [0.25, 0.3) is 0 Å². The van der Waals surface area contributed by atoms with Crippen LogP contribution in [0.1, 0.15) is 65.1 Å². The van der Waals surface area contributed by atoms with E-state index in [9.17, 15) is 24.4 Å². The van der Waals surface area contributed by atoms with Crippen LogP contribution in [0.2, 0.25) is 0 Å². The minimum absolute atomic E-state index is 0.326. The smallest absolute Gasteiger partial charge is 0.408 e. The van der Waals surface area contributed by atoms with Crippen molar-refractivity contribution in [2.24, 2.45) is 5.92 Å². The van der Waals surface area contributed by atoms with Crippen molar-refractivity contribution in [2.75, 3.05) is 20.2 Å². The molecule has 0 bridgehead atoms. The standard InChI is InChI=1S/C26H38N4O6/c1-8-17(3)21(29-25(34)36-26(4,5)6)24(33)30(15-14-27)22(23(32)28-16-20(31)35-7)19-12-10-18(9-2)11-13-19/h10-13,17,21-22H,8-9,15-16H2,1-7H3,(H,28,32)(H,29,34). The maximum absolute atomic E-state index is 13.8. The summed E-state index contributed by atoms with van der Waals surface area (Å²) in [7, 11) is 1.19. The molecule has 3 atom stereocenters. The van der Waals surface area contributed by atoms with Gasteiger partial charge in [-0.2, -0.15) is 5.26 Å². The first-order valence-electron chi connectivity index (χ1n) is 12.0. The number of carbonyl (C=O) groups excluding carboxylic acids is 4. The zero-order valence-corrected chi connectivity index (χ0v) is 22.2. The number of alkyl carbamates (subject to hydrolysis) is 1. The molecule has 1 aromatic carbocycles. The first-order valence-corrected chi connectivity index (χ1v) is 12.0. The highest BCUT2D eigenvalue weighted by Gasteiger charge is 2.38. The number of hydrogen-bond acceptors (Lipinski definition) is 7. The molecule has 0 saturated carbocycles. The molecule has 1 rings (SSSR count). The van der Waals surface area contributed by atoms with Crippen molar-refractivity contribution < 1.29 is 28.7 Å². The van der Waals surface area contributed by atoms with E-state index in [0.29, 0.717) is 12.0 Å². The summed E-state index contributed by atoms with van der Waals surface area (Å²) in [6.07, 6.45) is 0.532. The zero-order valence-electron chi connectivity index (χ0n) is 22.2. The third-order valence-corrected chi connectivity index (χ3v) is 5.57. The number of nitrogens with one attached hydrogen (secondary N) is 2. The number of nitrogens with zero attached hydrogens (tertiary/aromatic N) is 2. The number of esters is 1. The van der Waals surface area contributed by atoms with E-state index in [1.165, 1.54) is 7.11 Å². The predicted octanol–water partition coefficient (Wildman–Crippen LogP) is 2.87. The molecule has 3 unspecified atom stereocenters. The molecule has 0 aliphatic rings. The van der Waals surface area contributed by atoms with Crippen molar-refractivity contribution in [2.45, 2.75) is 72.1 Å². The SMILES string of the molecule is CCc1ccc(C(C(=O)NCC(=O)OC)N(CC#N)C(=O)C(NC(=O)OC(C)(C)C)C(C)CC)cc1. The van der Waals surface area contributed by atoms with Crippen molar-refractivity contribution in [3.63, 3.8) is 0 Å². The second-order valence-corrected chi connectivity index (χ2v) is 9.43. The quantitative estimate of drug-likeness (QED) is 0.350. The van der Waals surface area contributed by atoms with E-state index in [1.54, 1.807) is 39.8 Å². The van der Waals surface area contributed by atoms with Gasteiger partial charge in [0, 0.05) is 0 Å². The number of rotatable bonds is 11. The Morgan fingerprint density at radius 2 is 1.72 bits per heavy atom. The summed E-state index contributed by atoms with van der Waals surface area (Å²) < 4.78 is 9.92. The number of carbonyl (C=O) groups is 4. The van der Waals surface area contributed by atoms with E-state index in [4.69, 9.17) is 4.74 Å². The lowest BCUT2D eigenvalue weighted by Crippen LogP contribution is -2.55. The van der Waals surface area contributed by atoms with Gasteiger partial charge in [0.2, 0.25) is 11.8 Å². The number of ether oxygens (including phenoxy) is 2. The third-order valence-electron chi connectivity index (χ3n) is 5.57. The number of benzene rings is 1. The van der Waals surface area contributed by atoms with E-state index in [1.807, 2.05) is 32.0 Å². The molecule has 0 radical (unpaired) electrons. The lowest BCUT2D eigenvalue weighted by molar-refractivity contribution is -0.144. The monoisotopic (exact) mass is 502 g/mol. The highest BCUT2D eigenvalue weighted by molar-refractivity contribution is 5.93. The van der Waals surface area contributed by atoms with Crippen LogP contribution in [0.15, 0.2) is 24.3 Å². The summed E-state index contributed by atoms with van der Waals surface area (Å²) >= 11 is 0. The summed E-state index contributed by atoms with van der Waals surface area (Å²) in [5.41, 5.74) is 0.699. The minimum atomic E-state index is -1.22. The van der Waals surface area contributed by atoms with Crippen LogP contribution >= 0.6 is 0 Å². The molecule has 198 valence electrons. The Bertz CT molecular complexity index is 949. The predicted molar refractivity (Wildman–Crippen MR) is 134 cm³/mol. The molecule has 36 heavy (non-hydrogen) atoms. The molecule has 10 heteroatoms. The van der Waals surface area contributed by atoms with Gasteiger partial charge in [0.05, 0.1) is 13.2 Å². The Labute approximate surface area is 213 Å². The van der Waals surface area contributed by atoms with Crippen LogP contribution in [0, 0.1) is 17.2 Å². The summed E-state index contributed by atoms with van der Waals surface area (Å²) in [6, 6.07) is 6.74. The molecule has 0 aliphatic heterocycles. The fraction of sp³-hybridized carbons (Fsp3) is 0.577. The fourth-order valence-electron chi connectivity index (χ4n) is 3.41. The Kier molecular flexibility index (Phi) is 11.9. The second-order valence-electron chi connectivity index (χ2n) is 9.43. The first kappa shape index (κ1) is 30.4. The summed E-state index contributed by atoms with van der Waals surface area (Å²) in [5.74, 6) is -2.26. The normalized spacial score (nSPS) is 13.4. The van der Waals surface area contributed by atoms with Crippen LogP contribution in [0.3, 0.4) is 0 Å². The number of methoxy groups -OCH3 is 1. The lowest BCUT2D eigenvalue weighted by atomic mass is 9.95. The molecule has 0 aliphatic carbocycles. The lowest BCUT2D eigenvalue weighted by Gasteiger charge is -2.34. The third kappa shape index (κ3) is 9.21. The van der Waals surface area contributed by atoms with Crippen molar-refractivity contribution in [1.29, 1.82) is 5.26 Å². The molecule has 0 heterocycles. The van der Waals surface area contributed by atoms with E-state index in [2.05, 4.69) is 15.4 Å². The van der Waals surface area contributed by atoms with Crippen LogP contribution in [0.4, 0.5) is 4.79 Å². The zero-order chi connectivity index (χ0) is 27.5. The van der Waals surface area contributed by atoms with Crippen LogP contribution in [0.5, 0.6) is 0 Å². The van der Waals surface area contributed by atoms with Crippen molar-refractivity contribution in [3.05, 3.63) is 35.4 Å². The molecule has 1 aromatic rings. The van der Waals surface area contributed by atoms with Gasteiger partial charge in [0.1, 0.15) is 30.8 Å². The molecule has 0 spiro atoms. The van der Waals surface area contributed by atoms with Gasteiger partial charge in [-0.1, -0.05) is 51.5 Å². The topological polar surface area (TPSA) is 138 Å². The van der Waals surface area contributed by atoms with Gasteiger partial charge >= 0.3 is 12.1 Å². The molecular weight excluding hydrogens is 464 g/mol. The van der Waals surface area contributed by atoms with Gasteiger partial charge in [-0.25, -0.2) is 4.79 Å². The Morgan fingerprint density at radius 3 is 2.19 bits per heavy atom. The largest absolute Gasteiger partial charge is 0.468 e. The van der Waals surface area contributed by atoms with Crippen LogP contribution < -0.4 is 10.6 Å². The van der Waals surface area contributed by atoms with E-state index in [0.717, 1.165) is 16.9 Å². The Balaban J connectivity index is 3.46. The summed E-state index contributed by atoms with van der Waals surface area (Å²) in [4.78, 5) is 52.4. The average molecular weight is 503 g/mol. The molecular formula is C26H38N4O6. The Hall–Kier alpha value is -3.61. The molecule has 3 amide bonds. The van der Waals surface area contributed by atoms with Gasteiger partial charge in [-0.3, -0.25) is 14.4 Å². The number of hydrogen-bond donors (Lipinski definition) is 2. The maximum atomic E-state index is 13.8. The van der Waals surface area contributed by atoms with Crippen LogP contribution in [-0.4, -0.2) is 60.6 Å². The molecule has 0 saturated heterocycles. The van der Waals surface area contributed by atoms with Gasteiger partial charge in [0.15, 0.2) is 0 Å².